The minimum Gasteiger partial charge on any atom is -0.274 e. The maximum absolute atomic E-state index is 11.2. The van der Waals surface area contributed by atoms with Crippen LogP contribution in [-0.2, 0) is 9.59 Å². The molecule has 0 aliphatic rings. The molecule has 0 aliphatic carbocycles. The van der Waals surface area contributed by atoms with Gasteiger partial charge in [0.1, 0.15) is 6.07 Å². The van der Waals surface area contributed by atoms with E-state index in [0.29, 0.717) is 0 Å². The van der Waals surface area contributed by atoms with Crippen LogP contribution in [0.2, 0.25) is 0 Å². The molecule has 1 rings (SSSR count). The van der Waals surface area contributed by atoms with Crippen molar-refractivity contribution in [2.75, 3.05) is 4.90 Å². The number of anilines is 1. The maximum Gasteiger partial charge on any atom is 0.231 e. The minimum absolute atomic E-state index is 0.0278. The van der Waals surface area contributed by atoms with Crippen LogP contribution in [0.25, 0.3) is 0 Å². The molecular weight excluding hydrogens is 196 g/mol. The highest BCUT2D eigenvalue weighted by molar-refractivity contribution is 6.12. The zero-order valence-electron chi connectivity index (χ0n) is 8.26. The molecule has 0 unspecified atom stereocenters. The number of hydrogen-bond donors (Lipinski definition) is 0. The molecule has 0 bridgehead atoms. The number of amides is 2. The van der Waals surface area contributed by atoms with Crippen molar-refractivity contribution in [1.29, 1.82) is 5.26 Å². The van der Waals surface area contributed by atoms with E-state index < -0.39 is 11.8 Å². The molecule has 15 heavy (non-hydrogen) atoms. The summed E-state index contributed by atoms with van der Waals surface area (Å²) in [4.78, 5) is 30.7. The molecule has 1 aromatic rings. The molecule has 0 spiro atoms. The first-order valence-electron chi connectivity index (χ1n) is 4.10. The van der Waals surface area contributed by atoms with Crippen LogP contribution in [0, 0.1) is 11.3 Å². The summed E-state index contributed by atoms with van der Waals surface area (Å²) < 4.78 is 0. The Labute approximate surface area is 86.2 Å². The molecule has 0 N–H and O–H groups in total. The highest BCUT2D eigenvalue weighted by atomic mass is 16.2. The molecule has 6 heteroatoms. The van der Waals surface area contributed by atoms with E-state index in [9.17, 15) is 9.59 Å². The van der Waals surface area contributed by atoms with Gasteiger partial charge in [-0.2, -0.15) is 5.26 Å². The number of imide groups is 1. The maximum atomic E-state index is 11.2. The first-order chi connectivity index (χ1) is 7.07. The monoisotopic (exact) mass is 204 g/mol. The van der Waals surface area contributed by atoms with Crippen molar-refractivity contribution in [2.45, 2.75) is 13.8 Å². The summed E-state index contributed by atoms with van der Waals surface area (Å²) in [6.07, 6.45) is 2.63. The minimum atomic E-state index is -0.500. The number of nitriles is 1. The molecule has 0 fully saturated rings. The zero-order chi connectivity index (χ0) is 11.4. The third-order valence-electron chi connectivity index (χ3n) is 1.63. The van der Waals surface area contributed by atoms with Gasteiger partial charge in [-0.25, -0.2) is 14.9 Å². The summed E-state index contributed by atoms with van der Waals surface area (Å²) in [5.74, 6) is -1.03. The van der Waals surface area contributed by atoms with Crippen LogP contribution in [0.4, 0.5) is 5.82 Å². The van der Waals surface area contributed by atoms with Gasteiger partial charge in [-0.15, -0.1) is 0 Å². The molecule has 1 aromatic heterocycles. The second-order valence-corrected chi connectivity index (χ2v) is 2.71. The van der Waals surface area contributed by atoms with E-state index in [4.69, 9.17) is 5.26 Å². The van der Waals surface area contributed by atoms with Crippen LogP contribution < -0.4 is 4.90 Å². The quantitative estimate of drug-likeness (QED) is 0.654. The number of rotatable bonds is 1. The van der Waals surface area contributed by atoms with E-state index in [1.165, 1.54) is 26.2 Å². The Morgan fingerprint density at radius 3 is 2.27 bits per heavy atom. The molecular formula is C9H8N4O2. The normalized spacial score (nSPS) is 9.13. The average molecular weight is 204 g/mol. The Bertz CT molecular complexity index is 436. The fourth-order valence-electron chi connectivity index (χ4n) is 1.09. The second kappa shape index (κ2) is 4.28. The van der Waals surface area contributed by atoms with Crippen molar-refractivity contribution < 1.29 is 9.59 Å². The predicted molar refractivity (Wildman–Crippen MR) is 50.6 cm³/mol. The van der Waals surface area contributed by atoms with Gasteiger partial charge in [-0.3, -0.25) is 9.59 Å². The molecule has 6 nitrogen and oxygen atoms in total. The fraction of sp³-hybridized carbons (Fsp3) is 0.222. The summed E-state index contributed by atoms with van der Waals surface area (Å²) in [5.41, 5.74) is -0.0529. The number of carbonyl (C=O) groups is 2. The van der Waals surface area contributed by atoms with Crippen molar-refractivity contribution >= 4 is 17.6 Å². The van der Waals surface area contributed by atoms with Crippen LogP contribution in [0.5, 0.6) is 0 Å². The van der Waals surface area contributed by atoms with Crippen molar-refractivity contribution in [3.05, 3.63) is 18.1 Å². The lowest BCUT2D eigenvalue weighted by atomic mass is 10.3. The molecule has 76 valence electrons. The second-order valence-electron chi connectivity index (χ2n) is 2.71. The van der Waals surface area contributed by atoms with Gasteiger partial charge >= 0.3 is 0 Å². The summed E-state index contributed by atoms with van der Waals surface area (Å²) in [6, 6.07) is 1.77. The number of hydrogen-bond acceptors (Lipinski definition) is 5. The van der Waals surface area contributed by atoms with Crippen LogP contribution >= 0.6 is 0 Å². The van der Waals surface area contributed by atoms with Crippen molar-refractivity contribution in [3.8, 4) is 6.07 Å². The fourth-order valence-corrected chi connectivity index (χ4v) is 1.09. The summed E-state index contributed by atoms with van der Waals surface area (Å²) >= 11 is 0. The van der Waals surface area contributed by atoms with Gasteiger partial charge in [-0.05, 0) is 0 Å². The highest BCUT2D eigenvalue weighted by Gasteiger charge is 2.21. The van der Waals surface area contributed by atoms with Crippen LogP contribution in [0.1, 0.15) is 19.5 Å². The third kappa shape index (κ3) is 2.14. The van der Waals surface area contributed by atoms with Crippen molar-refractivity contribution in [1.82, 2.24) is 9.97 Å². The summed E-state index contributed by atoms with van der Waals surface area (Å²) in [5, 5.41) is 8.73. The SMILES string of the molecule is CC(=O)N(C(C)=O)c1nccnc1C#N. The molecule has 0 aliphatic heterocycles. The molecule has 1 heterocycles. The van der Waals surface area contributed by atoms with Crippen molar-refractivity contribution in [2.24, 2.45) is 0 Å². The van der Waals surface area contributed by atoms with Crippen LogP contribution in [-0.4, -0.2) is 21.8 Å². The van der Waals surface area contributed by atoms with E-state index in [2.05, 4.69) is 9.97 Å². The Balaban J connectivity index is 3.30. The standard InChI is InChI=1S/C9H8N4O2/c1-6(14)13(7(2)15)9-8(5-10)11-3-4-12-9/h3-4H,1-2H3. The van der Waals surface area contributed by atoms with E-state index in [0.717, 1.165) is 4.90 Å². The highest BCUT2D eigenvalue weighted by Crippen LogP contribution is 2.14. The molecule has 2 amide bonds. The van der Waals surface area contributed by atoms with Gasteiger partial charge in [0, 0.05) is 26.2 Å². The largest absolute Gasteiger partial charge is 0.274 e. The third-order valence-corrected chi connectivity index (χ3v) is 1.63. The lowest BCUT2D eigenvalue weighted by Crippen LogP contribution is -2.34. The van der Waals surface area contributed by atoms with Gasteiger partial charge in [0.15, 0.2) is 11.5 Å². The Hall–Kier alpha value is -2.29. The average Bonchev–Trinajstić information content (AvgIpc) is 2.17. The predicted octanol–water partition coefficient (Wildman–Crippen LogP) is 0.248. The Morgan fingerprint density at radius 2 is 1.80 bits per heavy atom. The molecule has 0 aromatic carbocycles. The van der Waals surface area contributed by atoms with Crippen LogP contribution in [0.3, 0.4) is 0 Å². The molecule has 0 saturated carbocycles. The van der Waals surface area contributed by atoms with E-state index >= 15 is 0 Å². The Kier molecular flexibility index (Phi) is 3.08. The van der Waals surface area contributed by atoms with Crippen LogP contribution in [0.15, 0.2) is 12.4 Å². The first-order valence-corrected chi connectivity index (χ1v) is 4.10. The van der Waals surface area contributed by atoms with E-state index in [1.807, 2.05) is 0 Å². The molecule has 0 saturated heterocycles. The number of aromatic nitrogens is 2. The van der Waals surface area contributed by atoms with Crippen molar-refractivity contribution in [3.63, 3.8) is 0 Å². The lowest BCUT2D eigenvalue weighted by Gasteiger charge is -2.15. The van der Waals surface area contributed by atoms with E-state index in [1.54, 1.807) is 6.07 Å². The smallest absolute Gasteiger partial charge is 0.231 e. The van der Waals surface area contributed by atoms with Gasteiger partial charge in [0.05, 0.1) is 0 Å². The summed E-state index contributed by atoms with van der Waals surface area (Å²) in [6.45, 7) is 2.44. The van der Waals surface area contributed by atoms with Gasteiger partial charge < -0.3 is 0 Å². The topological polar surface area (TPSA) is 87.0 Å². The number of nitrogens with zero attached hydrogens (tertiary/aromatic N) is 4. The first kappa shape index (κ1) is 10.8. The lowest BCUT2D eigenvalue weighted by molar-refractivity contribution is -0.124. The Morgan fingerprint density at radius 1 is 1.27 bits per heavy atom. The van der Waals surface area contributed by atoms with Gasteiger partial charge in [0.2, 0.25) is 11.8 Å². The molecule has 0 radical (unpaired) electrons. The zero-order valence-corrected chi connectivity index (χ0v) is 8.26. The van der Waals surface area contributed by atoms with Gasteiger partial charge in [0.25, 0.3) is 0 Å². The van der Waals surface area contributed by atoms with Gasteiger partial charge in [-0.1, -0.05) is 0 Å². The summed E-state index contributed by atoms with van der Waals surface area (Å²) in [7, 11) is 0. The molecule has 0 atom stereocenters. The number of carbonyl (C=O) groups excluding carboxylic acids is 2. The van der Waals surface area contributed by atoms with E-state index in [-0.39, 0.29) is 11.5 Å².